The third kappa shape index (κ3) is 4.18. The summed E-state index contributed by atoms with van der Waals surface area (Å²) in [7, 11) is 0. The molecule has 5 rings (SSSR count). The Kier molecular flexibility index (Phi) is 5.31. The van der Waals surface area contributed by atoms with Crippen molar-refractivity contribution in [2.45, 2.75) is 19.1 Å². The van der Waals surface area contributed by atoms with Crippen LogP contribution in [0.1, 0.15) is 15.9 Å². The van der Waals surface area contributed by atoms with Gasteiger partial charge in [-0.1, -0.05) is 24.3 Å². The maximum atomic E-state index is 12.6. The molecule has 4 aromatic rings. The summed E-state index contributed by atoms with van der Waals surface area (Å²) in [6, 6.07) is 14.4. The van der Waals surface area contributed by atoms with Crippen molar-refractivity contribution >= 4 is 34.5 Å². The van der Waals surface area contributed by atoms with Gasteiger partial charge in [0.2, 0.25) is 0 Å². The number of fused-ring (bicyclic) bond motifs is 2. The number of nitrogens with zero attached hydrogens (tertiary/aromatic N) is 4. The van der Waals surface area contributed by atoms with Gasteiger partial charge >= 0.3 is 0 Å². The molecule has 1 atom stereocenters. The number of hydrogen-bond acceptors (Lipinski definition) is 7. The Morgan fingerprint density at radius 2 is 2.00 bits per heavy atom. The molecule has 33 heavy (non-hydrogen) atoms. The van der Waals surface area contributed by atoms with E-state index >= 15 is 0 Å². The second-order valence-electron chi connectivity index (χ2n) is 7.61. The Bertz CT molecular complexity index is 1330. The fourth-order valence-electron chi connectivity index (χ4n) is 3.74. The minimum Gasteiger partial charge on any atom is -0.480 e. The Balaban J connectivity index is 1.18. The van der Waals surface area contributed by atoms with E-state index in [-0.39, 0.29) is 11.8 Å². The molecule has 0 radical (unpaired) electrons. The lowest BCUT2D eigenvalue weighted by molar-refractivity contribution is -0.122. The molecule has 1 unspecified atom stereocenters. The van der Waals surface area contributed by atoms with Crippen molar-refractivity contribution in [2.24, 2.45) is 0 Å². The highest BCUT2D eigenvalue weighted by Gasteiger charge is 2.28. The van der Waals surface area contributed by atoms with E-state index in [4.69, 9.17) is 10.5 Å². The summed E-state index contributed by atoms with van der Waals surface area (Å²) >= 11 is 0. The van der Waals surface area contributed by atoms with Crippen LogP contribution in [0.5, 0.6) is 5.75 Å². The van der Waals surface area contributed by atoms with E-state index in [0.29, 0.717) is 47.7 Å². The number of nitrogens with one attached hydrogen (secondary N) is 2. The highest BCUT2D eigenvalue weighted by atomic mass is 16.5. The number of imidazole rings is 1. The minimum atomic E-state index is -0.595. The largest absolute Gasteiger partial charge is 0.480 e. The molecular weight excluding hydrogens is 422 g/mol. The Morgan fingerprint density at radius 3 is 2.88 bits per heavy atom. The van der Waals surface area contributed by atoms with Gasteiger partial charge < -0.3 is 25.7 Å². The first-order chi connectivity index (χ1) is 16.1. The van der Waals surface area contributed by atoms with Crippen molar-refractivity contribution in [3.8, 4) is 5.75 Å². The number of amides is 2. The molecule has 2 amide bonds. The summed E-state index contributed by atoms with van der Waals surface area (Å²) < 4.78 is 7.52. The Morgan fingerprint density at radius 1 is 1.12 bits per heavy atom. The molecule has 3 heterocycles. The number of para-hydroxylation sites is 1. The molecule has 10 nitrogen and oxygen atoms in total. The van der Waals surface area contributed by atoms with Crippen LogP contribution in [0.4, 0.5) is 11.5 Å². The number of hydrogen-bond donors (Lipinski definition) is 3. The SMILES string of the molecule is Nc1ncnc2c1ncn2CCNC(=O)c1cccc(NC(=O)C2Cc3ccccc3O2)c1. The standard InChI is InChI=1S/C23H21N7O3/c24-20-19-21(27-12-26-20)30(13-28-19)9-8-25-22(31)15-5-3-6-16(10-15)29-23(32)18-11-14-4-1-2-7-17(14)33-18/h1-7,10,12-13,18H,8-9,11H2,(H,25,31)(H,29,32)(H2,24,26,27). The van der Waals surface area contributed by atoms with Gasteiger partial charge in [0.15, 0.2) is 17.6 Å². The Labute approximate surface area is 188 Å². The molecule has 1 aliphatic heterocycles. The summed E-state index contributed by atoms with van der Waals surface area (Å²) in [6.07, 6.45) is 2.91. The van der Waals surface area contributed by atoms with Crippen LogP contribution in [-0.2, 0) is 17.8 Å². The predicted octanol–water partition coefficient (Wildman–Crippen LogP) is 1.78. The van der Waals surface area contributed by atoms with Crippen LogP contribution in [0.3, 0.4) is 0 Å². The van der Waals surface area contributed by atoms with Crippen LogP contribution >= 0.6 is 0 Å². The summed E-state index contributed by atoms with van der Waals surface area (Å²) in [6.45, 7) is 0.827. The third-order valence-electron chi connectivity index (χ3n) is 5.40. The zero-order valence-electron chi connectivity index (χ0n) is 17.6. The van der Waals surface area contributed by atoms with Gasteiger partial charge in [-0.15, -0.1) is 0 Å². The molecule has 2 aromatic carbocycles. The molecule has 166 valence electrons. The molecule has 1 aliphatic rings. The number of carbonyl (C=O) groups excluding carboxylic acids is 2. The van der Waals surface area contributed by atoms with Gasteiger partial charge in [-0.3, -0.25) is 9.59 Å². The number of ether oxygens (including phenoxy) is 1. The van der Waals surface area contributed by atoms with Crippen molar-refractivity contribution in [1.29, 1.82) is 0 Å². The number of benzene rings is 2. The maximum Gasteiger partial charge on any atom is 0.265 e. The summed E-state index contributed by atoms with van der Waals surface area (Å²) in [5.74, 6) is 0.533. The number of aromatic nitrogens is 4. The zero-order chi connectivity index (χ0) is 22.8. The Hall–Kier alpha value is -4.47. The molecule has 0 fully saturated rings. The lowest BCUT2D eigenvalue weighted by Gasteiger charge is -2.12. The maximum absolute atomic E-state index is 12.6. The van der Waals surface area contributed by atoms with Gasteiger partial charge in [-0.25, -0.2) is 15.0 Å². The van der Waals surface area contributed by atoms with Gasteiger partial charge in [0, 0.05) is 30.8 Å². The lowest BCUT2D eigenvalue weighted by Crippen LogP contribution is -2.31. The van der Waals surface area contributed by atoms with Crippen molar-refractivity contribution in [2.75, 3.05) is 17.6 Å². The molecular formula is C23H21N7O3. The first kappa shape index (κ1) is 20.4. The molecule has 4 N–H and O–H groups in total. The molecule has 0 spiro atoms. The molecule has 0 saturated heterocycles. The minimum absolute atomic E-state index is 0.253. The van der Waals surface area contributed by atoms with Crippen LogP contribution in [0.15, 0.2) is 61.2 Å². The summed E-state index contributed by atoms with van der Waals surface area (Å²) in [5.41, 5.74) is 8.91. The highest BCUT2D eigenvalue weighted by molar-refractivity contribution is 5.98. The second kappa shape index (κ2) is 8.58. The molecule has 10 heteroatoms. The fourth-order valence-corrected chi connectivity index (χ4v) is 3.74. The highest BCUT2D eigenvalue weighted by Crippen LogP contribution is 2.28. The average Bonchev–Trinajstić information content (AvgIpc) is 3.44. The lowest BCUT2D eigenvalue weighted by atomic mass is 10.1. The number of nitrogen functional groups attached to an aromatic ring is 1. The fraction of sp³-hybridized carbons (Fsp3) is 0.174. The predicted molar refractivity (Wildman–Crippen MR) is 122 cm³/mol. The average molecular weight is 443 g/mol. The molecule has 0 bridgehead atoms. The van der Waals surface area contributed by atoms with E-state index in [9.17, 15) is 9.59 Å². The second-order valence-corrected chi connectivity index (χ2v) is 7.61. The monoisotopic (exact) mass is 443 g/mol. The van der Waals surface area contributed by atoms with Gasteiger partial charge in [-0.05, 0) is 29.8 Å². The topological polar surface area (TPSA) is 137 Å². The number of carbonyl (C=O) groups is 2. The van der Waals surface area contributed by atoms with Crippen LogP contribution < -0.4 is 21.1 Å². The van der Waals surface area contributed by atoms with Crippen molar-refractivity contribution < 1.29 is 14.3 Å². The van der Waals surface area contributed by atoms with E-state index in [2.05, 4.69) is 25.6 Å². The van der Waals surface area contributed by atoms with E-state index in [1.54, 1.807) is 35.2 Å². The molecule has 0 saturated carbocycles. The first-order valence-electron chi connectivity index (χ1n) is 10.4. The van der Waals surface area contributed by atoms with Gasteiger partial charge in [0.25, 0.3) is 11.8 Å². The third-order valence-corrected chi connectivity index (χ3v) is 5.40. The van der Waals surface area contributed by atoms with Crippen LogP contribution in [0.2, 0.25) is 0 Å². The number of nitrogens with two attached hydrogens (primary N) is 1. The molecule has 2 aromatic heterocycles. The number of anilines is 2. The van der Waals surface area contributed by atoms with Crippen LogP contribution in [0, 0.1) is 0 Å². The zero-order valence-corrected chi connectivity index (χ0v) is 17.6. The van der Waals surface area contributed by atoms with Gasteiger partial charge in [0.1, 0.15) is 17.6 Å². The summed E-state index contributed by atoms with van der Waals surface area (Å²) in [5, 5.41) is 5.70. The van der Waals surface area contributed by atoms with Crippen molar-refractivity contribution in [3.05, 3.63) is 72.3 Å². The van der Waals surface area contributed by atoms with Gasteiger partial charge in [-0.2, -0.15) is 0 Å². The van der Waals surface area contributed by atoms with Crippen LogP contribution in [0.25, 0.3) is 11.2 Å². The normalized spacial score (nSPS) is 14.5. The number of rotatable bonds is 6. The van der Waals surface area contributed by atoms with Crippen molar-refractivity contribution in [3.63, 3.8) is 0 Å². The van der Waals surface area contributed by atoms with E-state index in [0.717, 1.165) is 11.3 Å². The first-order valence-corrected chi connectivity index (χ1v) is 10.4. The van der Waals surface area contributed by atoms with E-state index < -0.39 is 6.10 Å². The smallest absolute Gasteiger partial charge is 0.265 e. The van der Waals surface area contributed by atoms with Crippen molar-refractivity contribution in [1.82, 2.24) is 24.8 Å². The van der Waals surface area contributed by atoms with E-state index in [1.807, 2.05) is 24.3 Å². The molecule has 0 aliphatic carbocycles. The van der Waals surface area contributed by atoms with E-state index in [1.165, 1.54) is 6.33 Å². The van der Waals surface area contributed by atoms with Crippen LogP contribution in [-0.4, -0.2) is 44.0 Å². The quantitative estimate of drug-likeness (QED) is 0.413. The van der Waals surface area contributed by atoms with Gasteiger partial charge in [0.05, 0.1) is 6.33 Å². The summed E-state index contributed by atoms with van der Waals surface area (Å²) in [4.78, 5) is 37.6.